The quantitative estimate of drug-likeness (QED) is 0.438. The minimum atomic E-state index is -1.98. The van der Waals surface area contributed by atoms with E-state index in [1.165, 1.54) is 18.3 Å². The van der Waals surface area contributed by atoms with Crippen molar-refractivity contribution in [3.05, 3.63) is 42.1 Å². The molecule has 0 saturated carbocycles. The van der Waals surface area contributed by atoms with Crippen molar-refractivity contribution in [2.45, 2.75) is 18.5 Å². The molecule has 2 atom stereocenters. The average molecular weight is 299 g/mol. The number of alkyl halides is 1. The van der Waals surface area contributed by atoms with Crippen molar-refractivity contribution in [2.24, 2.45) is 0 Å². The summed E-state index contributed by atoms with van der Waals surface area (Å²) in [4.78, 5) is 12.8. The Morgan fingerprint density at radius 3 is 3.00 bits per heavy atom. The molecular weight excluding hydrogens is 284 g/mol. The number of rotatable bonds is 3. The minimum Gasteiger partial charge on any atom is -0.462 e. The fourth-order valence-corrected chi connectivity index (χ4v) is 2.15. The van der Waals surface area contributed by atoms with E-state index in [1.807, 2.05) is 0 Å². The predicted octanol–water partition coefficient (Wildman–Crippen LogP) is 0.947. The second-order valence-electron chi connectivity index (χ2n) is 4.14. The molecule has 2 unspecified atom stereocenters. The lowest BCUT2D eigenvalue weighted by Crippen LogP contribution is -2.59. The Morgan fingerprint density at radius 1 is 1.60 bits per heavy atom. The molecular formula is C13H15ClN2O4. The molecule has 0 aliphatic carbocycles. The number of halogens is 1. The van der Waals surface area contributed by atoms with Crippen LogP contribution in [-0.2, 0) is 4.74 Å². The fourth-order valence-electron chi connectivity index (χ4n) is 1.89. The van der Waals surface area contributed by atoms with Gasteiger partial charge in [0.25, 0.3) is 0 Å². The van der Waals surface area contributed by atoms with Crippen LogP contribution in [0, 0.1) is 0 Å². The molecule has 20 heavy (non-hydrogen) atoms. The molecule has 0 saturated heterocycles. The van der Waals surface area contributed by atoms with E-state index in [1.54, 1.807) is 25.1 Å². The Bertz CT molecular complexity index is 533. The van der Waals surface area contributed by atoms with Crippen LogP contribution in [0.1, 0.15) is 17.3 Å². The van der Waals surface area contributed by atoms with E-state index in [0.29, 0.717) is 11.3 Å². The van der Waals surface area contributed by atoms with Gasteiger partial charge >= 0.3 is 11.3 Å². The van der Waals surface area contributed by atoms with Gasteiger partial charge in [-0.25, -0.2) is 4.79 Å². The summed E-state index contributed by atoms with van der Waals surface area (Å²) in [7, 11) is 0. The van der Waals surface area contributed by atoms with Crippen LogP contribution >= 0.6 is 11.6 Å². The summed E-state index contributed by atoms with van der Waals surface area (Å²) in [6, 6.07) is 6.28. The summed E-state index contributed by atoms with van der Waals surface area (Å²) in [5.74, 6) is -0.484. The number of anilines is 1. The Balaban J connectivity index is 2.35. The molecule has 0 bridgehead atoms. The topological polar surface area (TPSA) is 82.0 Å². The molecule has 7 heteroatoms. The van der Waals surface area contributed by atoms with Gasteiger partial charge in [-0.1, -0.05) is 6.07 Å². The van der Waals surface area contributed by atoms with Crippen LogP contribution in [0.15, 0.2) is 36.5 Å². The summed E-state index contributed by atoms with van der Waals surface area (Å²) in [6.45, 7) is 1.97. The molecule has 6 nitrogen and oxygen atoms in total. The van der Waals surface area contributed by atoms with E-state index < -0.39 is 17.5 Å². The molecule has 1 heterocycles. The van der Waals surface area contributed by atoms with E-state index in [-0.39, 0.29) is 6.61 Å². The van der Waals surface area contributed by atoms with Crippen LogP contribution in [0.2, 0.25) is 0 Å². The first-order valence-electron chi connectivity index (χ1n) is 6.06. The zero-order chi connectivity index (χ0) is 14.8. The maximum atomic E-state index is 11.7. The molecule has 0 fully saturated rings. The lowest BCUT2D eigenvalue weighted by Gasteiger charge is -2.41. The zero-order valence-electron chi connectivity index (χ0n) is 10.8. The number of aliphatic hydroxyl groups excluding tert-OH is 1. The molecule has 0 aromatic heterocycles. The van der Waals surface area contributed by atoms with Gasteiger partial charge < -0.3 is 20.3 Å². The van der Waals surface area contributed by atoms with E-state index in [4.69, 9.17) is 16.3 Å². The molecule has 1 aliphatic rings. The van der Waals surface area contributed by atoms with Crippen molar-refractivity contribution in [3.63, 3.8) is 0 Å². The van der Waals surface area contributed by atoms with E-state index >= 15 is 0 Å². The third kappa shape index (κ3) is 2.87. The second kappa shape index (κ2) is 5.70. The van der Waals surface area contributed by atoms with Crippen LogP contribution in [0.3, 0.4) is 0 Å². The number of carbonyl (C=O) groups is 1. The highest BCUT2D eigenvalue weighted by Crippen LogP contribution is 2.29. The number of nitrogens with one attached hydrogen (secondary N) is 1. The first-order valence-corrected chi connectivity index (χ1v) is 6.43. The predicted molar refractivity (Wildman–Crippen MR) is 74.0 cm³/mol. The van der Waals surface area contributed by atoms with Crippen LogP contribution in [0.25, 0.3) is 0 Å². The molecule has 2 rings (SSSR count). The Kier molecular flexibility index (Phi) is 4.17. The van der Waals surface area contributed by atoms with Gasteiger partial charge in [0, 0.05) is 11.9 Å². The summed E-state index contributed by atoms with van der Waals surface area (Å²) in [5, 5.41) is 20.5. The molecule has 0 amide bonds. The molecule has 3 N–H and O–H groups in total. The standard InChI is InChI=1S/C13H15ClN2O4/c1-2-20-12(18)9-4-3-5-10(8-9)16-11(17)6-7-15-13(16,14)19/h3-8,11,15,17,19H,2H2,1H3. The van der Waals surface area contributed by atoms with E-state index in [2.05, 4.69) is 5.32 Å². The highest BCUT2D eigenvalue weighted by atomic mass is 35.5. The van der Waals surface area contributed by atoms with Crippen LogP contribution in [-0.4, -0.2) is 34.3 Å². The highest BCUT2D eigenvalue weighted by Gasteiger charge is 2.38. The molecule has 0 radical (unpaired) electrons. The number of aliphatic hydroxyl groups is 2. The first kappa shape index (κ1) is 14.6. The Labute approximate surface area is 121 Å². The van der Waals surface area contributed by atoms with E-state index in [0.717, 1.165) is 4.90 Å². The van der Waals surface area contributed by atoms with Gasteiger partial charge in [0.15, 0.2) is 6.23 Å². The van der Waals surface area contributed by atoms with Gasteiger partial charge in [-0.3, -0.25) is 4.90 Å². The van der Waals surface area contributed by atoms with Gasteiger partial charge in [0.2, 0.25) is 0 Å². The number of ether oxygens (including phenoxy) is 1. The smallest absolute Gasteiger partial charge is 0.338 e. The van der Waals surface area contributed by atoms with Crippen LogP contribution in [0.4, 0.5) is 5.69 Å². The van der Waals surface area contributed by atoms with Crippen molar-refractivity contribution in [3.8, 4) is 0 Å². The Morgan fingerprint density at radius 2 is 2.35 bits per heavy atom. The lowest BCUT2D eigenvalue weighted by atomic mass is 10.1. The highest BCUT2D eigenvalue weighted by molar-refractivity contribution is 6.24. The summed E-state index contributed by atoms with van der Waals surface area (Å²) >= 11 is 5.90. The van der Waals surface area contributed by atoms with Gasteiger partial charge in [0.1, 0.15) is 0 Å². The molecule has 1 aromatic carbocycles. The normalized spacial score (nSPS) is 25.2. The lowest BCUT2D eigenvalue weighted by molar-refractivity contribution is 0.0480. The SMILES string of the molecule is CCOC(=O)c1cccc(N2C(O)C=CNC2(O)Cl)c1. The minimum absolute atomic E-state index is 0.263. The number of hydrogen-bond acceptors (Lipinski definition) is 6. The van der Waals surface area contributed by atoms with Crippen molar-refractivity contribution in [2.75, 3.05) is 11.5 Å². The number of esters is 1. The van der Waals surface area contributed by atoms with Crippen molar-refractivity contribution in [1.82, 2.24) is 5.32 Å². The van der Waals surface area contributed by atoms with Gasteiger partial charge in [-0.2, -0.15) is 0 Å². The monoisotopic (exact) mass is 298 g/mol. The maximum Gasteiger partial charge on any atom is 0.338 e. The van der Waals surface area contributed by atoms with Crippen molar-refractivity contribution >= 4 is 23.3 Å². The molecule has 1 aromatic rings. The zero-order valence-corrected chi connectivity index (χ0v) is 11.5. The van der Waals surface area contributed by atoms with Crippen molar-refractivity contribution < 1.29 is 19.7 Å². The number of benzene rings is 1. The molecule has 1 aliphatic heterocycles. The third-order valence-electron chi connectivity index (χ3n) is 2.75. The summed E-state index contributed by atoms with van der Waals surface area (Å²) in [5.41, 5.74) is 0.677. The van der Waals surface area contributed by atoms with Gasteiger partial charge in [0.05, 0.1) is 12.2 Å². The number of nitrogens with zero attached hydrogens (tertiary/aromatic N) is 1. The fraction of sp³-hybridized carbons (Fsp3) is 0.308. The van der Waals surface area contributed by atoms with Gasteiger partial charge in [-0.05, 0) is 42.8 Å². The summed E-state index contributed by atoms with van der Waals surface area (Å²) in [6.07, 6.45) is 1.63. The number of hydrogen-bond donors (Lipinski definition) is 3. The van der Waals surface area contributed by atoms with E-state index in [9.17, 15) is 15.0 Å². The number of carbonyl (C=O) groups excluding carboxylic acids is 1. The average Bonchev–Trinajstić information content (AvgIpc) is 2.38. The first-order chi connectivity index (χ1) is 9.45. The second-order valence-corrected chi connectivity index (χ2v) is 4.67. The molecule has 0 spiro atoms. The maximum absolute atomic E-state index is 11.7. The van der Waals surface area contributed by atoms with Crippen LogP contribution in [0.5, 0.6) is 0 Å². The van der Waals surface area contributed by atoms with Crippen molar-refractivity contribution in [1.29, 1.82) is 0 Å². The largest absolute Gasteiger partial charge is 0.462 e. The van der Waals surface area contributed by atoms with Crippen LogP contribution < -0.4 is 10.2 Å². The third-order valence-corrected chi connectivity index (χ3v) is 3.05. The Hall–Kier alpha value is -1.76. The molecule has 108 valence electrons. The van der Waals surface area contributed by atoms with Gasteiger partial charge in [-0.15, -0.1) is 0 Å². The summed E-state index contributed by atoms with van der Waals surface area (Å²) < 4.78 is 4.90.